The fourth-order valence-electron chi connectivity index (χ4n) is 4.96. The van der Waals surface area contributed by atoms with Crippen LogP contribution >= 0.6 is 0 Å². The van der Waals surface area contributed by atoms with Crippen LogP contribution in [0.25, 0.3) is 11.1 Å². The number of nitrogens with one attached hydrogen (secondary N) is 1. The first-order valence-electron chi connectivity index (χ1n) is 11.8. The van der Waals surface area contributed by atoms with Crippen LogP contribution in [0.15, 0.2) is 78.9 Å². The molecule has 0 saturated carbocycles. The zero-order valence-corrected chi connectivity index (χ0v) is 19.3. The molecular formula is C28H28N2O5. The molecule has 1 heterocycles. The summed E-state index contributed by atoms with van der Waals surface area (Å²) < 4.78 is 11.0. The van der Waals surface area contributed by atoms with Crippen molar-refractivity contribution in [2.75, 3.05) is 19.7 Å². The van der Waals surface area contributed by atoms with Crippen molar-refractivity contribution in [3.8, 4) is 11.1 Å². The molecule has 1 saturated heterocycles. The van der Waals surface area contributed by atoms with E-state index in [9.17, 15) is 14.7 Å². The fourth-order valence-corrected chi connectivity index (χ4v) is 4.96. The minimum atomic E-state index is -0.664. The molecule has 0 spiro atoms. The number of likely N-dealkylation sites (tertiary alicyclic amines) is 1. The number of alkyl carbamates (subject to hydrolysis) is 1. The number of amides is 2. The summed E-state index contributed by atoms with van der Waals surface area (Å²) in [6.07, 6.45) is -1.36. The van der Waals surface area contributed by atoms with E-state index in [4.69, 9.17) is 9.47 Å². The molecule has 35 heavy (non-hydrogen) atoms. The van der Waals surface area contributed by atoms with Gasteiger partial charge in [-0.2, -0.15) is 0 Å². The van der Waals surface area contributed by atoms with Crippen molar-refractivity contribution >= 4 is 12.2 Å². The highest BCUT2D eigenvalue weighted by Gasteiger charge is 2.37. The molecule has 1 aliphatic heterocycles. The number of hydrogen-bond donors (Lipinski definition) is 2. The number of nitrogens with zero attached hydrogens (tertiary/aromatic N) is 1. The van der Waals surface area contributed by atoms with Crippen LogP contribution in [0.1, 0.15) is 29.0 Å². The maximum absolute atomic E-state index is 13.0. The van der Waals surface area contributed by atoms with Gasteiger partial charge >= 0.3 is 12.2 Å². The summed E-state index contributed by atoms with van der Waals surface area (Å²) in [5.74, 6) is -0.0385. The van der Waals surface area contributed by atoms with Gasteiger partial charge < -0.3 is 24.8 Å². The molecule has 2 N–H and O–H groups in total. The summed E-state index contributed by atoms with van der Waals surface area (Å²) in [5.41, 5.74) is 5.50. The highest BCUT2D eigenvalue weighted by Crippen LogP contribution is 2.44. The van der Waals surface area contributed by atoms with E-state index in [-0.39, 0.29) is 38.3 Å². The van der Waals surface area contributed by atoms with Crippen LogP contribution in [-0.4, -0.2) is 54.0 Å². The summed E-state index contributed by atoms with van der Waals surface area (Å²) in [4.78, 5) is 26.6. The number of benzene rings is 3. The molecule has 0 bridgehead atoms. The molecule has 1 fully saturated rings. The second-order valence-electron chi connectivity index (χ2n) is 8.94. The van der Waals surface area contributed by atoms with E-state index < -0.39 is 18.3 Å². The van der Waals surface area contributed by atoms with Gasteiger partial charge in [-0.1, -0.05) is 78.9 Å². The lowest BCUT2D eigenvalue weighted by molar-refractivity contribution is 0.0895. The lowest BCUT2D eigenvalue weighted by atomic mass is 9.98. The SMILES string of the molecule is O=C(NC[C@H]1C[C@@H](O)CN1C(=O)OCC1c2ccccc2-c2ccccc21)OCc1ccccc1. The van der Waals surface area contributed by atoms with E-state index in [0.717, 1.165) is 27.8 Å². The summed E-state index contributed by atoms with van der Waals surface area (Å²) in [6, 6.07) is 25.4. The van der Waals surface area contributed by atoms with Gasteiger partial charge in [-0.3, -0.25) is 0 Å². The molecule has 2 atom stereocenters. The molecule has 2 amide bonds. The van der Waals surface area contributed by atoms with E-state index in [1.807, 2.05) is 54.6 Å². The molecule has 0 aromatic heterocycles. The molecule has 3 aromatic rings. The van der Waals surface area contributed by atoms with E-state index >= 15 is 0 Å². The average Bonchev–Trinajstić information content (AvgIpc) is 3.43. The number of carbonyl (C=O) groups is 2. The second-order valence-corrected chi connectivity index (χ2v) is 8.94. The summed E-state index contributed by atoms with van der Waals surface area (Å²) in [7, 11) is 0. The maximum Gasteiger partial charge on any atom is 0.410 e. The predicted molar refractivity (Wildman–Crippen MR) is 131 cm³/mol. The lowest BCUT2D eigenvalue weighted by Crippen LogP contribution is -2.43. The van der Waals surface area contributed by atoms with E-state index in [1.54, 1.807) is 0 Å². The number of ether oxygens (including phenoxy) is 2. The van der Waals surface area contributed by atoms with Crippen molar-refractivity contribution in [1.82, 2.24) is 10.2 Å². The normalized spacial score (nSPS) is 18.6. The average molecular weight is 473 g/mol. The minimum absolute atomic E-state index is 0.0385. The Labute approximate surface area is 204 Å². The Kier molecular flexibility index (Phi) is 6.68. The van der Waals surface area contributed by atoms with Crippen molar-refractivity contribution in [2.45, 2.75) is 31.1 Å². The van der Waals surface area contributed by atoms with Gasteiger partial charge in [0.25, 0.3) is 0 Å². The Morgan fingerprint density at radius 3 is 2.20 bits per heavy atom. The van der Waals surface area contributed by atoms with Gasteiger partial charge in [-0.05, 0) is 34.2 Å². The summed E-state index contributed by atoms with van der Waals surface area (Å²) in [5, 5.41) is 12.9. The van der Waals surface area contributed by atoms with Crippen LogP contribution in [0.5, 0.6) is 0 Å². The number of rotatable bonds is 6. The predicted octanol–water partition coefficient (Wildman–Crippen LogP) is 4.30. The Morgan fingerprint density at radius 1 is 0.886 bits per heavy atom. The van der Waals surface area contributed by atoms with Gasteiger partial charge in [-0.15, -0.1) is 0 Å². The standard InChI is InChI=1S/C28H28N2O5/c31-21-14-20(15-29-27(32)34-17-19-8-2-1-3-9-19)30(16-21)28(33)35-18-26-24-12-6-4-10-22(24)23-11-5-7-13-25(23)26/h1-13,20-21,26,31H,14-18H2,(H,29,32)/t20-,21-/m1/s1. The van der Waals surface area contributed by atoms with Crippen LogP contribution in [0.2, 0.25) is 0 Å². The Morgan fingerprint density at radius 2 is 1.51 bits per heavy atom. The molecule has 1 aliphatic carbocycles. The molecule has 5 rings (SSSR count). The van der Waals surface area contributed by atoms with Crippen LogP contribution in [-0.2, 0) is 16.1 Å². The third kappa shape index (κ3) is 5.00. The first-order valence-corrected chi connectivity index (χ1v) is 11.8. The zero-order valence-electron chi connectivity index (χ0n) is 19.3. The number of carbonyl (C=O) groups excluding carboxylic acids is 2. The molecule has 0 unspecified atom stereocenters. The Bertz CT molecular complexity index is 1150. The molecule has 3 aromatic carbocycles. The molecular weight excluding hydrogens is 444 g/mol. The monoisotopic (exact) mass is 472 g/mol. The van der Waals surface area contributed by atoms with Crippen molar-refractivity contribution < 1.29 is 24.2 Å². The number of aliphatic hydroxyl groups is 1. The van der Waals surface area contributed by atoms with E-state index in [1.165, 1.54) is 4.90 Å². The Balaban J connectivity index is 1.17. The Hall–Kier alpha value is -3.84. The highest BCUT2D eigenvalue weighted by atomic mass is 16.6. The zero-order chi connectivity index (χ0) is 24.2. The maximum atomic E-state index is 13.0. The first kappa shape index (κ1) is 22.9. The third-order valence-corrected chi connectivity index (χ3v) is 6.66. The lowest BCUT2D eigenvalue weighted by Gasteiger charge is -2.25. The smallest absolute Gasteiger partial charge is 0.410 e. The topological polar surface area (TPSA) is 88.1 Å². The summed E-state index contributed by atoms with van der Waals surface area (Å²) >= 11 is 0. The van der Waals surface area contributed by atoms with Gasteiger partial charge in [0.1, 0.15) is 13.2 Å². The molecule has 180 valence electrons. The van der Waals surface area contributed by atoms with Gasteiger partial charge in [0.2, 0.25) is 0 Å². The van der Waals surface area contributed by atoms with Crippen LogP contribution in [0.3, 0.4) is 0 Å². The minimum Gasteiger partial charge on any atom is -0.448 e. The van der Waals surface area contributed by atoms with Crippen molar-refractivity contribution in [1.29, 1.82) is 0 Å². The van der Waals surface area contributed by atoms with E-state index in [2.05, 4.69) is 29.6 Å². The van der Waals surface area contributed by atoms with Crippen LogP contribution in [0, 0.1) is 0 Å². The summed E-state index contributed by atoms with van der Waals surface area (Å²) in [6.45, 7) is 0.714. The van der Waals surface area contributed by atoms with Gasteiger partial charge in [0.15, 0.2) is 0 Å². The fraction of sp³-hybridized carbons (Fsp3) is 0.286. The van der Waals surface area contributed by atoms with E-state index in [0.29, 0.717) is 6.42 Å². The second kappa shape index (κ2) is 10.2. The number of fused-ring (bicyclic) bond motifs is 3. The number of β-amino-alcohol motifs (C(OH)–C–C–N with tert-alkyl or cyclic N) is 1. The van der Waals surface area contributed by atoms with Gasteiger partial charge in [-0.25, -0.2) is 9.59 Å². The van der Waals surface area contributed by atoms with Crippen LogP contribution < -0.4 is 5.32 Å². The van der Waals surface area contributed by atoms with Crippen molar-refractivity contribution in [3.63, 3.8) is 0 Å². The largest absolute Gasteiger partial charge is 0.448 e. The molecule has 0 radical (unpaired) electrons. The van der Waals surface area contributed by atoms with Gasteiger partial charge in [0.05, 0.1) is 18.7 Å². The highest BCUT2D eigenvalue weighted by molar-refractivity contribution is 5.79. The molecule has 2 aliphatic rings. The number of aliphatic hydroxyl groups excluding tert-OH is 1. The van der Waals surface area contributed by atoms with Crippen molar-refractivity contribution in [3.05, 3.63) is 95.6 Å². The first-order chi connectivity index (χ1) is 17.1. The molecule has 7 nitrogen and oxygen atoms in total. The van der Waals surface area contributed by atoms with Gasteiger partial charge in [0, 0.05) is 12.5 Å². The van der Waals surface area contributed by atoms with Crippen molar-refractivity contribution in [2.24, 2.45) is 0 Å². The third-order valence-electron chi connectivity index (χ3n) is 6.66. The quantitative estimate of drug-likeness (QED) is 0.559. The van der Waals surface area contributed by atoms with Crippen LogP contribution in [0.4, 0.5) is 9.59 Å². The number of hydrogen-bond acceptors (Lipinski definition) is 5. The molecule has 7 heteroatoms.